The first-order chi connectivity index (χ1) is 15.2. The maximum atomic E-state index is 12.4. The van der Waals surface area contributed by atoms with Crippen LogP contribution in [0.15, 0.2) is 29.1 Å². The predicted molar refractivity (Wildman–Crippen MR) is 120 cm³/mol. The lowest BCUT2D eigenvalue weighted by Gasteiger charge is -2.26. The summed E-state index contributed by atoms with van der Waals surface area (Å²) in [5, 5.41) is 11.1. The van der Waals surface area contributed by atoms with Gasteiger partial charge in [-0.15, -0.1) is 10.2 Å². The van der Waals surface area contributed by atoms with E-state index in [2.05, 4.69) is 32.3 Å². The summed E-state index contributed by atoms with van der Waals surface area (Å²) in [6.45, 7) is 6.55. The molecule has 2 heterocycles. The fraction of sp³-hybridized carbons (Fsp3) is 0.565. The van der Waals surface area contributed by atoms with E-state index in [1.165, 1.54) is 19.3 Å². The average molecular weight is 428 g/mol. The quantitative estimate of drug-likeness (QED) is 0.535. The monoisotopic (exact) mass is 427 g/mol. The largest absolute Gasteiger partial charge is 0.494 e. The summed E-state index contributed by atoms with van der Waals surface area (Å²) in [6, 6.07) is 7.40. The maximum absolute atomic E-state index is 12.4. The van der Waals surface area contributed by atoms with Gasteiger partial charge in [0.2, 0.25) is 5.91 Å². The molecule has 1 aliphatic heterocycles. The summed E-state index contributed by atoms with van der Waals surface area (Å²) in [6.07, 6.45) is 6.36. The molecule has 1 fully saturated rings. The van der Waals surface area contributed by atoms with Gasteiger partial charge < -0.3 is 19.9 Å². The number of nitrogens with one attached hydrogen (secondary N) is 2. The fourth-order valence-corrected chi connectivity index (χ4v) is 3.55. The van der Waals surface area contributed by atoms with Gasteiger partial charge in [0.25, 0.3) is 5.56 Å². The average Bonchev–Trinajstić information content (AvgIpc) is 2.79. The Balaban J connectivity index is 1.45. The van der Waals surface area contributed by atoms with Gasteiger partial charge in [0.05, 0.1) is 6.61 Å². The molecule has 0 bridgehead atoms. The van der Waals surface area contributed by atoms with Gasteiger partial charge in [0, 0.05) is 31.5 Å². The van der Waals surface area contributed by atoms with Gasteiger partial charge in [-0.3, -0.25) is 9.59 Å². The second-order valence-corrected chi connectivity index (χ2v) is 7.93. The topological polar surface area (TPSA) is 100 Å². The third-order valence-corrected chi connectivity index (χ3v) is 5.45. The number of amides is 1. The first-order valence-corrected chi connectivity index (χ1v) is 11.3. The fourth-order valence-electron chi connectivity index (χ4n) is 3.55. The standard InChI is InChI=1S/C23H33N5O3/c1-2-3-17-31-19-9-7-18(8-10-19)22-25-23(30)20(26-27-22)11-12-21(29)24-13-16-28-14-5-4-6-15-28/h7-10H,2-6,11-17H2,1H3,(H,24,29)(H,25,27,30). The first-order valence-electron chi connectivity index (χ1n) is 11.3. The number of likely N-dealkylation sites (tertiary alicyclic amines) is 1. The number of ether oxygens (including phenoxy) is 1. The van der Waals surface area contributed by atoms with E-state index in [1.54, 1.807) is 0 Å². The van der Waals surface area contributed by atoms with Crippen molar-refractivity contribution in [1.82, 2.24) is 25.4 Å². The molecule has 168 valence electrons. The number of H-pyrrole nitrogens is 1. The zero-order valence-corrected chi connectivity index (χ0v) is 18.4. The number of carbonyl (C=O) groups excluding carboxylic acids is 1. The van der Waals surface area contributed by atoms with E-state index in [1.807, 2.05) is 24.3 Å². The van der Waals surface area contributed by atoms with Crippen LogP contribution >= 0.6 is 0 Å². The van der Waals surface area contributed by atoms with Crippen LogP contribution < -0.4 is 15.6 Å². The zero-order chi connectivity index (χ0) is 21.9. The van der Waals surface area contributed by atoms with Crippen LogP contribution in [0.1, 0.15) is 51.1 Å². The molecule has 8 nitrogen and oxygen atoms in total. The van der Waals surface area contributed by atoms with Gasteiger partial charge >= 0.3 is 0 Å². The minimum Gasteiger partial charge on any atom is -0.494 e. The van der Waals surface area contributed by atoms with E-state index in [9.17, 15) is 9.59 Å². The highest BCUT2D eigenvalue weighted by atomic mass is 16.5. The molecule has 0 atom stereocenters. The van der Waals surface area contributed by atoms with Crippen molar-refractivity contribution in [1.29, 1.82) is 0 Å². The lowest BCUT2D eigenvalue weighted by atomic mass is 10.1. The molecule has 1 aliphatic rings. The molecule has 2 N–H and O–H groups in total. The van der Waals surface area contributed by atoms with Gasteiger partial charge in [-0.1, -0.05) is 19.8 Å². The molecule has 31 heavy (non-hydrogen) atoms. The summed E-state index contributed by atoms with van der Waals surface area (Å²) in [4.78, 5) is 29.6. The number of nitrogens with zero attached hydrogens (tertiary/aromatic N) is 3. The number of carbonyl (C=O) groups is 1. The number of rotatable bonds is 11. The summed E-state index contributed by atoms with van der Waals surface area (Å²) in [5.41, 5.74) is 0.721. The summed E-state index contributed by atoms with van der Waals surface area (Å²) in [5.74, 6) is 1.12. The number of piperidine rings is 1. The van der Waals surface area contributed by atoms with Crippen molar-refractivity contribution in [2.45, 2.75) is 51.9 Å². The first kappa shape index (κ1) is 22.9. The van der Waals surface area contributed by atoms with Crippen LogP contribution in [-0.4, -0.2) is 58.8 Å². The molecule has 1 amide bonds. The van der Waals surface area contributed by atoms with Crippen molar-refractivity contribution in [3.8, 4) is 17.1 Å². The van der Waals surface area contributed by atoms with Crippen LogP contribution in [0, 0.1) is 0 Å². The van der Waals surface area contributed by atoms with Gasteiger partial charge in [-0.05, 0) is 56.6 Å². The summed E-state index contributed by atoms with van der Waals surface area (Å²) < 4.78 is 5.65. The summed E-state index contributed by atoms with van der Waals surface area (Å²) >= 11 is 0. The molecule has 1 aromatic carbocycles. The van der Waals surface area contributed by atoms with Crippen molar-refractivity contribution >= 4 is 5.91 Å². The second kappa shape index (κ2) is 12.2. The van der Waals surface area contributed by atoms with E-state index in [0.717, 1.165) is 43.8 Å². The van der Waals surface area contributed by atoms with Crippen molar-refractivity contribution in [2.75, 3.05) is 32.8 Å². The zero-order valence-electron chi connectivity index (χ0n) is 18.4. The van der Waals surface area contributed by atoms with E-state index < -0.39 is 0 Å². The molecule has 0 saturated carbocycles. The third-order valence-electron chi connectivity index (χ3n) is 5.45. The Morgan fingerprint density at radius 1 is 1.16 bits per heavy atom. The molecule has 0 aliphatic carbocycles. The molecule has 8 heteroatoms. The summed E-state index contributed by atoms with van der Waals surface area (Å²) in [7, 11) is 0. The Kier molecular flexibility index (Phi) is 9.02. The maximum Gasteiger partial charge on any atom is 0.273 e. The predicted octanol–water partition coefficient (Wildman–Crippen LogP) is 2.55. The van der Waals surface area contributed by atoms with Crippen LogP contribution in [0.4, 0.5) is 0 Å². The third kappa shape index (κ3) is 7.47. The highest BCUT2D eigenvalue weighted by molar-refractivity contribution is 5.76. The molecule has 2 aromatic rings. The van der Waals surface area contributed by atoms with Crippen LogP contribution in [0.3, 0.4) is 0 Å². The van der Waals surface area contributed by atoms with Gasteiger partial charge in [0.1, 0.15) is 11.4 Å². The Morgan fingerprint density at radius 3 is 2.65 bits per heavy atom. The van der Waals surface area contributed by atoms with Crippen LogP contribution in [0.2, 0.25) is 0 Å². The number of unbranched alkanes of at least 4 members (excludes halogenated alkanes) is 1. The molecular formula is C23H33N5O3. The minimum atomic E-state index is -0.311. The Morgan fingerprint density at radius 2 is 1.94 bits per heavy atom. The van der Waals surface area contributed by atoms with E-state index >= 15 is 0 Å². The number of aromatic amines is 1. The lowest BCUT2D eigenvalue weighted by Crippen LogP contribution is -2.37. The Bertz CT molecular complexity index is 876. The molecule has 0 radical (unpaired) electrons. The van der Waals surface area contributed by atoms with Gasteiger partial charge in [-0.2, -0.15) is 0 Å². The van der Waals surface area contributed by atoms with Gasteiger partial charge in [0.15, 0.2) is 5.82 Å². The smallest absolute Gasteiger partial charge is 0.273 e. The molecule has 0 spiro atoms. The van der Waals surface area contributed by atoms with E-state index in [4.69, 9.17) is 4.74 Å². The highest BCUT2D eigenvalue weighted by Gasteiger charge is 2.12. The van der Waals surface area contributed by atoms with Crippen molar-refractivity contribution < 1.29 is 9.53 Å². The van der Waals surface area contributed by atoms with Crippen LogP contribution in [-0.2, 0) is 11.2 Å². The SMILES string of the molecule is CCCCOc1ccc(-c2nnc(CCC(=O)NCCN3CCCCC3)c(=O)[nH]2)cc1. The molecule has 3 rings (SSSR count). The van der Waals surface area contributed by atoms with Crippen LogP contribution in [0.25, 0.3) is 11.4 Å². The molecular weight excluding hydrogens is 394 g/mol. The normalized spacial score (nSPS) is 14.4. The molecule has 1 aromatic heterocycles. The number of benzene rings is 1. The van der Waals surface area contributed by atoms with Crippen molar-refractivity contribution in [2.24, 2.45) is 0 Å². The molecule has 1 saturated heterocycles. The molecule has 0 unspecified atom stereocenters. The number of hydrogen-bond acceptors (Lipinski definition) is 6. The number of aryl methyl sites for hydroxylation is 1. The van der Waals surface area contributed by atoms with Crippen LogP contribution in [0.5, 0.6) is 5.75 Å². The Hall–Kier alpha value is -2.74. The van der Waals surface area contributed by atoms with E-state index in [0.29, 0.717) is 19.0 Å². The van der Waals surface area contributed by atoms with Crippen molar-refractivity contribution in [3.05, 3.63) is 40.3 Å². The van der Waals surface area contributed by atoms with E-state index in [-0.39, 0.29) is 30.0 Å². The minimum absolute atomic E-state index is 0.0686. The Labute approximate surface area is 183 Å². The second-order valence-electron chi connectivity index (χ2n) is 7.93. The highest BCUT2D eigenvalue weighted by Crippen LogP contribution is 2.18. The number of aromatic nitrogens is 3. The lowest BCUT2D eigenvalue weighted by molar-refractivity contribution is -0.121. The van der Waals surface area contributed by atoms with Crippen molar-refractivity contribution in [3.63, 3.8) is 0 Å². The number of hydrogen-bond donors (Lipinski definition) is 2. The van der Waals surface area contributed by atoms with Gasteiger partial charge in [-0.25, -0.2) is 0 Å².